The Morgan fingerprint density at radius 2 is 2.21 bits per heavy atom. The molecule has 0 aliphatic heterocycles. The molecule has 102 valence electrons. The molecule has 1 aliphatic carbocycles. The summed E-state index contributed by atoms with van der Waals surface area (Å²) in [6.45, 7) is 2.81. The summed E-state index contributed by atoms with van der Waals surface area (Å²) in [5, 5.41) is 8.95. The molecule has 3 heteroatoms. The van der Waals surface area contributed by atoms with Gasteiger partial charge in [-0.3, -0.25) is 0 Å². The summed E-state index contributed by atoms with van der Waals surface area (Å²) in [7, 11) is 1.65. The van der Waals surface area contributed by atoms with E-state index in [1.54, 1.807) is 13.2 Å². The minimum absolute atomic E-state index is 0.346. The van der Waals surface area contributed by atoms with Crippen LogP contribution >= 0.6 is 0 Å². The zero-order valence-electron chi connectivity index (χ0n) is 11.7. The lowest BCUT2D eigenvalue weighted by Gasteiger charge is -2.27. The minimum Gasteiger partial charge on any atom is -0.496 e. The van der Waals surface area contributed by atoms with E-state index in [2.05, 4.69) is 13.0 Å². The van der Waals surface area contributed by atoms with Gasteiger partial charge in [-0.15, -0.1) is 0 Å². The SMILES string of the molecule is COc1ccc(C#N)cc1COC1CCCC(C)C1. The third-order valence-corrected chi connectivity index (χ3v) is 3.77. The molecule has 1 fully saturated rings. The van der Waals surface area contributed by atoms with Crippen LogP contribution in [-0.2, 0) is 11.3 Å². The van der Waals surface area contributed by atoms with E-state index in [-0.39, 0.29) is 0 Å². The first-order valence-electron chi connectivity index (χ1n) is 6.91. The van der Waals surface area contributed by atoms with Gasteiger partial charge in [0, 0.05) is 5.56 Å². The van der Waals surface area contributed by atoms with Gasteiger partial charge in [-0.05, 0) is 37.0 Å². The number of nitriles is 1. The van der Waals surface area contributed by atoms with E-state index in [1.807, 2.05) is 12.1 Å². The van der Waals surface area contributed by atoms with Crippen molar-refractivity contribution in [3.05, 3.63) is 29.3 Å². The van der Waals surface area contributed by atoms with Crippen molar-refractivity contribution in [2.24, 2.45) is 5.92 Å². The predicted octanol–water partition coefficient (Wildman–Crippen LogP) is 3.66. The van der Waals surface area contributed by atoms with Crippen LogP contribution in [0.1, 0.15) is 43.7 Å². The van der Waals surface area contributed by atoms with E-state index in [1.165, 1.54) is 12.8 Å². The molecular weight excluding hydrogens is 238 g/mol. The lowest BCUT2D eigenvalue weighted by atomic mass is 9.89. The Balaban J connectivity index is 2.00. The number of ether oxygens (including phenoxy) is 2. The van der Waals surface area contributed by atoms with Crippen molar-refractivity contribution in [3.63, 3.8) is 0 Å². The van der Waals surface area contributed by atoms with Gasteiger partial charge >= 0.3 is 0 Å². The van der Waals surface area contributed by atoms with Crippen molar-refractivity contribution in [2.75, 3.05) is 7.11 Å². The predicted molar refractivity (Wildman–Crippen MR) is 73.9 cm³/mol. The van der Waals surface area contributed by atoms with Crippen LogP contribution in [0, 0.1) is 17.2 Å². The fourth-order valence-corrected chi connectivity index (χ4v) is 2.70. The second-order valence-electron chi connectivity index (χ2n) is 5.34. The quantitative estimate of drug-likeness (QED) is 0.828. The van der Waals surface area contributed by atoms with Crippen LogP contribution in [0.3, 0.4) is 0 Å². The molecule has 0 heterocycles. The maximum atomic E-state index is 8.95. The van der Waals surface area contributed by atoms with Gasteiger partial charge in [-0.25, -0.2) is 0 Å². The second kappa shape index (κ2) is 6.58. The Kier molecular flexibility index (Phi) is 4.81. The van der Waals surface area contributed by atoms with Crippen molar-refractivity contribution in [1.29, 1.82) is 5.26 Å². The molecule has 0 saturated heterocycles. The van der Waals surface area contributed by atoms with Crippen LogP contribution in [0.2, 0.25) is 0 Å². The lowest BCUT2D eigenvalue weighted by Crippen LogP contribution is -2.21. The molecule has 2 atom stereocenters. The molecule has 0 radical (unpaired) electrons. The molecular formula is C16H21NO2. The summed E-state index contributed by atoms with van der Waals surface area (Å²) in [5.74, 6) is 1.55. The molecule has 3 nitrogen and oxygen atoms in total. The smallest absolute Gasteiger partial charge is 0.124 e. The standard InChI is InChI=1S/C16H21NO2/c1-12-4-3-5-15(8-12)19-11-14-9-13(10-17)6-7-16(14)18-2/h6-7,9,12,15H,3-5,8,11H2,1-2H3. The second-order valence-corrected chi connectivity index (χ2v) is 5.34. The Hall–Kier alpha value is -1.53. The van der Waals surface area contributed by atoms with E-state index in [0.29, 0.717) is 18.3 Å². The third-order valence-electron chi connectivity index (χ3n) is 3.77. The number of hydrogen-bond acceptors (Lipinski definition) is 3. The molecule has 1 saturated carbocycles. The summed E-state index contributed by atoms with van der Waals surface area (Å²) >= 11 is 0. The van der Waals surface area contributed by atoms with Gasteiger partial charge in [0.1, 0.15) is 5.75 Å². The molecule has 0 N–H and O–H groups in total. The summed E-state index contributed by atoms with van der Waals surface area (Å²) in [6, 6.07) is 7.61. The zero-order valence-corrected chi connectivity index (χ0v) is 11.7. The molecule has 1 aromatic rings. The average Bonchev–Trinajstić information content (AvgIpc) is 2.45. The molecule has 0 amide bonds. The van der Waals surface area contributed by atoms with E-state index in [0.717, 1.165) is 30.1 Å². The topological polar surface area (TPSA) is 42.2 Å². The first-order chi connectivity index (χ1) is 9.22. The van der Waals surface area contributed by atoms with Crippen LogP contribution in [0.25, 0.3) is 0 Å². The number of nitrogens with zero attached hydrogens (tertiary/aromatic N) is 1. The van der Waals surface area contributed by atoms with Crippen molar-refractivity contribution in [1.82, 2.24) is 0 Å². The summed E-state index contributed by atoms with van der Waals surface area (Å²) in [5.41, 5.74) is 1.61. The molecule has 0 bridgehead atoms. The van der Waals surface area contributed by atoms with Gasteiger partial charge in [0.05, 0.1) is 31.5 Å². The average molecular weight is 259 g/mol. The Bertz CT molecular complexity index is 464. The van der Waals surface area contributed by atoms with E-state index >= 15 is 0 Å². The summed E-state index contributed by atoms with van der Waals surface area (Å²) < 4.78 is 11.3. The van der Waals surface area contributed by atoms with Crippen molar-refractivity contribution < 1.29 is 9.47 Å². The van der Waals surface area contributed by atoms with Crippen LogP contribution in [0.4, 0.5) is 0 Å². The molecule has 1 aromatic carbocycles. The Morgan fingerprint density at radius 3 is 2.89 bits per heavy atom. The molecule has 1 aliphatic rings. The summed E-state index contributed by atoms with van der Waals surface area (Å²) in [6.07, 6.45) is 5.19. The van der Waals surface area contributed by atoms with Crippen LogP contribution in [0.5, 0.6) is 5.75 Å². The lowest BCUT2D eigenvalue weighted by molar-refractivity contribution is 0.00394. The minimum atomic E-state index is 0.346. The fraction of sp³-hybridized carbons (Fsp3) is 0.562. The van der Waals surface area contributed by atoms with Gasteiger partial charge in [0.2, 0.25) is 0 Å². The van der Waals surface area contributed by atoms with Gasteiger partial charge < -0.3 is 9.47 Å². The monoisotopic (exact) mass is 259 g/mol. The highest BCUT2D eigenvalue weighted by Gasteiger charge is 2.19. The molecule has 0 spiro atoms. The van der Waals surface area contributed by atoms with Gasteiger partial charge in [-0.2, -0.15) is 5.26 Å². The normalized spacial score (nSPS) is 22.8. The molecule has 2 rings (SSSR count). The Labute approximate surface area is 115 Å². The Morgan fingerprint density at radius 1 is 1.37 bits per heavy atom. The third kappa shape index (κ3) is 3.71. The molecule has 0 aromatic heterocycles. The van der Waals surface area contributed by atoms with E-state index in [9.17, 15) is 0 Å². The molecule has 2 unspecified atom stereocenters. The van der Waals surface area contributed by atoms with Gasteiger partial charge in [0.25, 0.3) is 0 Å². The van der Waals surface area contributed by atoms with E-state index in [4.69, 9.17) is 14.7 Å². The largest absolute Gasteiger partial charge is 0.496 e. The van der Waals surface area contributed by atoms with Crippen molar-refractivity contribution in [2.45, 2.75) is 45.3 Å². The number of rotatable bonds is 4. The highest BCUT2D eigenvalue weighted by Crippen LogP contribution is 2.28. The van der Waals surface area contributed by atoms with Crippen molar-refractivity contribution in [3.8, 4) is 11.8 Å². The van der Waals surface area contributed by atoms with Crippen molar-refractivity contribution >= 4 is 0 Å². The number of methoxy groups -OCH3 is 1. The molecule has 19 heavy (non-hydrogen) atoms. The number of hydrogen-bond donors (Lipinski definition) is 0. The van der Waals surface area contributed by atoms with Crippen LogP contribution in [-0.4, -0.2) is 13.2 Å². The maximum Gasteiger partial charge on any atom is 0.124 e. The fourth-order valence-electron chi connectivity index (χ4n) is 2.70. The van der Waals surface area contributed by atoms with Gasteiger partial charge in [0.15, 0.2) is 0 Å². The van der Waals surface area contributed by atoms with Crippen LogP contribution in [0.15, 0.2) is 18.2 Å². The van der Waals surface area contributed by atoms with Crippen LogP contribution < -0.4 is 4.74 Å². The highest BCUT2D eigenvalue weighted by atomic mass is 16.5. The van der Waals surface area contributed by atoms with E-state index < -0.39 is 0 Å². The first kappa shape index (κ1) is 13.9. The van der Waals surface area contributed by atoms with Gasteiger partial charge in [-0.1, -0.05) is 19.8 Å². The highest BCUT2D eigenvalue weighted by molar-refractivity contribution is 5.41. The zero-order chi connectivity index (χ0) is 13.7. The maximum absolute atomic E-state index is 8.95. The first-order valence-corrected chi connectivity index (χ1v) is 6.91. The summed E-state index contributed by atoms with van der Waals surface area (Å²) in [4.78, 5) is 0. The number of benzene rings is 1.